The summed E-state index contributed by atoms with van der Waals surface area (Å²) in [5.41, 5.74) is 8.37. The Labute approximate surface area is 94.5 Å². The fourth-order valence-corrected chi connectivity index (χ4v) is 1.73. The number of nitrogens with two attached hydrogens (primary N) is 2. The van der Waals surface area contributed by atoms with Crippen molar-refractivity contribution < 1.29 is 0 Å². The van der Waals surface area contributed by atoms with Crippen molar-refractivity contribution in [1.29, 1.82) is 0 Å². The first-order chi connectivity index (χ1) is 6.13. The molecule has 0 heterocycles. The van der Waals surface area contributed by atoms with Gasteiger partial charge in [0.15, 0.2) is 0 Å². The lowest BCUT2D eigenvalue weighted by molar-refractivity contribution is 1.01. The largest absolute Gasteiger partial charge is 0.369 e. The van der Waals surface area contributed by atoms with Crippen LogP contribution in [0.4, 0.5) is 5.69 Å². The van der Waals surface area contributed by atoms with Gasteiger partial charge in [0, 0.05) is 8.59 Å². The molecule has 0 spiro atoms. The summed E-state index contributed by atoms with van der Waals surface area (Å²) < 4.78 is 0.920. The van der Waals surface area contributed by atoms with Gasteiger partial charge >= 0.3 is 0 Å². The standard InChI is InChI=1S/C7H8ClIN4/c8-4-1-2-6(5(9)3-4)12-7(10)13-11/h1-3H,11H2,(H3,10,12,13). The van der Waals surface area contributed by atoms with Gasteiger partial charge in [-0.1, -0.05) is 11.6 Å². The summed E-state index contributed by atoms with van der Waals surface area (Å²) in [7, 11) is 0. The minimum atomic E-state index is 0.167. The van der Waals surface area contributed by atoms with Gasteiger partial charge in [0.25, 0.3) is 0 Å². The average molecular weight is 311 g/mol. The van der Waals surface area contributed by atoms with Crippen molar-refractivity contribution in [3.05, 3.63) is 26.8 Å². The molecule has 1 aromatic rings. The Balaban J connectivity index is 3.03. The lowest BCUT2D eigenvalue weighted by Gasteiger charge is -2.01. The van der Waals surface area contributed by atoms with Crippen molar-refractivity contribution in [2.45, 2.75) is 0 Å². The molecule has 5 N–H and O–H groups in total. The maximum Gasteiger partial charge on any atom is 0.208 e. The van der Waals surface area contributed by atoms with Crippen molar-refractivity contribution in [3.8, 4) is 0 Å². The molecule has 0 radical (unpaired) electrons. The lowest BCUT2D eigenvalue weighted by Crippen LogP contribution is -2.36. The monoisotopic (exact) mass is 310 g/mol. The van der Waals surface area contributed by atoms with Crippen LogP contribution in [0, 0.1) is 3.57 Å². The zero-order valence-corrected chi connectivity index (χ0v) is 9.50. The van der Waals surface area contributed by atoms with Crippen LogP contribution in [0.3, 0.4) is 0 Å². The van der Waals surface area contributed by atoms with E-state index in [1.165, 1.54) is 0 Å². The minimum absolute atomic E-state index is 0.167. The predicted octanol–water partition coefficient (Wildman–Crippen LogP) is 1.35. The fourth-order valence-electron chi connectivity index (χ4n) is 0.734. The molecule has 0 fully saturated rings. The van der Waals surface area contributed by atoms with Gasteiger partial charge < -0.3 is 5.73 Å². The van der Waals surface area contributed by atoms with Crippen LogP contribution in [-0.2, 0) is 0 Å². The summed E-state index contributed by atoms with van der Waals surface area (Å²) in [4.78, 5) is 4.01. The molecule has 0 aromatic heterocycles. The van der Waals surface area contributed by atoms with E-state index in [1.807, 2.05) is 0 Å². The normalized spacial score (nSPS) is 11.5. The quantitative estimate of drug-likeness (QED) is 0.241. The number of aliphatic imine (C=N–C) groups is 1. The zero-order chi connectivity index (χ0) is 9.84. The summed E-state index contributed by atoms with van der Waals surface area (Å²) in [6.45, 7) is 0. The third-order valence-electron chi connectivity index (χ3n) is 1.30. The summed E-state index contributed by atoms with van der Waals surface area (Å²) >= 11 is 7.88. The molecule has 0 saturated heterocycles. The van der Waals surface area contributed by atoms with E-state index in [4.69, 9.17) is 23.2 Å². The summed E-state index contributed by atoms with van der Waals surface area (Å²) in [5.74, 6) is 5.23. The highest BCUT2D eigenvalue weighted by molar-refractivity contribution is 14.1. The number of hydrogen-bond acceptors (Lipinski definition) is 2. The van der Waals surface area contributed by atoms with Crippen molar-refractivity contribution in [2.75, 3.05) is 0 Å². The van der Waals surface area contributed by atoms with E-state index in [-0.39, 0.29) is 5.96 Å². The van der Waals surface area contributed by atoms with Crippen molar-refractivity contribution in [2.24, 2.45) is 16.6 Å². The second-order valence-corrected chi connectivity index (χ2v) is 3.84. The topological polar surface area (TPSA) is 76.4 Å². The van der Waals surface area contributed by atoms with E-state index in [2.05, 4.69) is 33.0 Å². The number of benzene rings is 1. The van der Waals surface area contributed by atoms with Gasteiger partial charge in [0.2, 0.25) is 5.96 Å². The number of hydrazine groups is 1. The lowest BCUT2D eigenvalue weighted by atomic mass is 10.3. The molecule has 4 nitrogen and oxygen atoms in total. The number of nitrogens with zero attached hydrogens (tertiary/aromatic N) is 1. The van der Waals surface area contributed by atoms with Crippen LogP contribution in [0.2, 0.25) is 5.02 Å². The number of rotatable bonds is 1. The first-order valence-corrected chi connectivity index (χ1v) is 4.85. The Bertz CT molecular complexity index is 339. The molecular weight excluding hydrogens is 302 g/mol. The highest BCUT2D eigenvalue weighted by atomic mass is 127. The fraction of sp³-hybridized carbons (Fsp3) is 0. The molecule has 0 aliphatic heterocycles. The van der Waals surface area contributed by atoms with E-state index in [0.29, 0.717) is 5.02 Å². The van der Waals surface area contributed by atoms with Crippen LogP contribution < -0.4 is 17.0 Å². The van der Waals surface area contributed by atoms with Crippen molar-refractivity contribution >= 4 is 45.8 Å². The molecule has 0 bridgehead atoms. The van der Waals surface area contributed by atoms with Crippen LogP contribution >= 0.6 is 34.2 Å². The maximum absolute atomic E-state index is 5.76. The molecule has 0 unspecified atom stereocenters. The molecule has 6 heteroatoms. The first-order valence-electron chi connectivity index (χ1n) is 3.39. The molecule has 1 rings (SSSR count). The SMILES string of the molecule is NNC(N)=Nc1ccc(Cl)cc1I. The Hall–Kier alpha value is -0.530. The molecule has 1 aromatic carbocycles. The van der Waals surface area contributed by atoms with E-state index in [0.717, 1.165) is 9.26 Å². The Morgan fingerprint density at radius 2 is 2.23 bits per heavy atom. The van der Waals surface area contributed by atoms with Gasteiger partial charge in [-0.15, -0.1) is 0 Å². The van der Waals surface area contributed by atoms with Crippen molar-refractivity contribution in [3.63, 3.8) is 0 Å². The molecule has 13 heavy (non-hydrogen) atoms. The molecule has 0 amide bonds. The average Bonchev–Trinajstić information content (AvgIpc) is 2.09. The van der Waals surface area contributed by atoms with E-state index >= 15 is 0 Å². The number of hydrogen-bond donors (Lipinski definition) is 3. The predicted molar refractivity (Wildman–Crippen MR) is 62.8 cm³/mol. The third kappa shape index (κ3) is 3.02. The highest BCUT2D eigenvalue weighted by Crippen LogP contribution is 2.24. The molecule has 0 saturated carbocycles. The van der Waals surface area contributed by atoms with Gasteiger partial charge in [-0.25, -0.2) is 10.8 Å². The molecule has 0 aliphatic rings. The minimum Gasteiger partial charge on any atom is -0.369 e. The second kappa shape index (κ2) is 4.64. The van der Waals surface area contributed by atoms with Crippen LogP contribution in [0.1, 0.15) is 0 Å². The van der Waals surface area contributed by atoms with Crippen LogP contribution in [-0.4, -0.2) is 5.96 Å². The van der Waals surface area contributed by atoms with Crippen molar-refractivity contribution in [1.82, 2.24) is 5.43 Å². The number of halogens is 2. The van der Waals surface area contributed by atoms with E-state index in [1.54, 1.807) is 18.2 Å². The van der Waals surface area contributed by atoms with Crippen LogP contribution in [0.25, 0.3) is 0 Å². The Morgan fingerprint density at radius 1 is 1.54 bits per heavy atom. The maximum atomic E-state index is 5.76. The molecular formula is C7H8ClIN4. The van der Waals surface area contributed by atoms with Gasteiger partial charge in [-0.3, -0.25) is 5.43 Å². The van der Waals surface area contributed by atoms with Crippen LogP contribution in [0.5, 0.6) is 0 Å². The highest BCUT2D eigenvalue weighted by Gasteiger charge is 1.99. The molecule has 70 valence electrons. The van der Waals surface area contributed by atoms with Crippen LogP contribution in [0.15, 0.2) is 23.2 Å². The van der Waals surface area contributed by atoms with Gasteiger partial charge in [0.1, 0.15) is 0 Å². The molecule has 0 aliphatic carbocycles. The van der Waals surface area contributed by atoms with E-state index < -0.39 is 0 Å². The summed E-state index contributed by atoms with van der Waals surface area (Å²) in [5, 5.41) is 0.669. The number of nitrogens with one attached hydrogen (secondary N) is 1. The Kier molecular flexibility index (Phi) is 3.76. The zero-order valence-electron chi connectivity index (χ0n) is 6.59. The van der Waals surface area contributed by atoms with Gasteiger partial charge in [-0.2, -0.15) is 0 Å². The van der Waals surface area contributed by atoms with E-state index in [9.17, 15) is 0 Å². The van der Waals surface area contributed by atoms with Gasteiger partial charge in [-0.05, 0) is 40.8 Å². The first kappa shape index (κ1) is 10.6. The third-order valence-corrected chi connectivity index (χ3v) is 2.40. The van der Waals surface area contributed by atoms with Gasteiger partial charge in [0.05, 0.1) is 5.69 Å². The summed E-state index contributed by atoms with van der Waals surface area (Å²) in [6, 6.07) is 5.31. The second-order valence-electron chi connectivity index (χ2n) is 2.24. The Morgan fingerprint density at radius 3 is 2.77 bits per heavy atom. The smallest absolute Gasteiger partial charge is 0.208 e. The summed E-state index contributed by atoms with van der Waals surface area (Å²) in [6.07, 6.45) is 0. The number of guanidine groups is 1. The molecule has 0 atom stereocenters.